The Kier molecular flexibility index (Phi) is 4.99. The highest BCUT2D eigenvalue weighted by Gasteiger charge is 2.24. The van der Waals surface area contributed by atoms with Gasteiger partial charge in [0.15, 0.2) is 0 Å². The number of hydrogen-bond acceptors (Lipinski definition) is 4. The Hall–Kier alpha value is -1.14. The first-order valence-electron chi connectivity index (χ1n) is 7.18. The number of sulfonamides is 1. The molecule has 2 N–H and O–H groups in total. The van der Waals surface area contributed by atoms with Crippen LogP contribution in [-0.2, 0) is 10.0 Å². The summed E-state index contributed by atoms with van der Waals surface area (Å²) in [6.45, 7) is 2.23. The fourth-order valence-electron chi connectivity index (χ4n) is 2.68. The Morgan fingerprint density at radius 3 is 2.80 bits per heavy atom. The van der Waals surface area contributed by atoms with Gasteiger partial charge >= 0.3 is 0 Å². The van der Waals surface area contributed by atoms with Gasteiger partial charge < -0.3 is 5.32 Å². The van der Waals surface area contributed by atoms with Gasteiger partial charge in [-0.25, -0.2) is 18.1 Å². The summed E-state index contributed by atoms with van der Waals surface area (Å²) in [6, 6.07) is 3.26. The van der Waals surface area contributed by atoms with Crippen molar-refractivity contribution in [1.82, 2.24) is 9.71 Å². The summed E-state index contributed by atoms with van der Waals surface area (Å²) < 4.78 is 27.8. The molecule has 0 spiro atoms. The van der Waals surface area contributed by atoms with Crippen molar-refractivity contribution in [2.45, 2.75) is 50.0 Å². The molecule has 1 aromatic heterocycles. The first kappa shape index (κ1) is 15.3. The molecule has 1 fully saturated rings. The Morgan fingerprint density at radius 2 is 2.05 bits per heavy atom. The normalized spacial score (nSPS) is 24.1. The Labute approximate surface area is 121 Å². The van der Waals surface area contributed by atoms with Gasteiger partial charge in [-0.1, -0.05) is 19.8 Å². The van der Waals surface area contributed by atoms with E-state index in [0.717, 1.165) is 25.7 Å². The summed E-state index contributed by atoms with van der Waals surface area (Å²) in [7, 11) is -1.84. The third-order valence-electron chi connectivity index (χ3n) is 3.88. The average Bonchev–Trinajstić information content (AvgIpc) is 2.63. The molecular formula is C14H23N3O2S. The topological polar surface area (TPSA) is 71.1 Å². The molecular weight excluding hydrogens is 274 g/mol. The second-order valence-electron chi connectivity index (χ2n) is 5.53. The van der Waals surface area contributed by atoms with Crippen LogP contribution in [0.4, 0.5) is 5.82 Å². The summed E-state index contributed by atoms with van der Waals surface area (Å²) >= 11 is 0. The van der Waals surface area contributed by atoms with E-state index in [4.69, 9.17) is 0 Å². The van der Waals surface area contributed by atoms with Gasteiger partial charge in [-0.05, 0) is 37.3 Å². The molecule has 2 unspecified atom stereocenters. The van der Waals surface area contributed by atoms with Crippen LogP contribution in [-0.4, -0.2) is 26.5 Å². The van der Waals surface area contributed by atoms with Gasteiger partial charge in [-0.15, -0.1) is 0 Å². The molecule has 112 valence electrons. The molecule has 0 aromatic carbocycles. The van der Waals surface area contributed by atoms with Crippen molar-refractivity contribution in [2.75, 3.05) is 12.4 Å². The van der Waals surface area contributed by atoms with Crippen molar-refractivity contribution < 1.29 is 8.42 Å². The van der Waals surface area contributed by atoms with E-state index >= 15 is 0 Å². The van der Waals surface area contributed by atoms with Crippen LogP contribution < -0.4 is 10.0 Å². The highest BCUT2D eigenvalue weighted by Crippen LogP contribution is 2.25. The Morgan fingerprint density at radius 1 is 1.25 bits per heavy atom. The van der Waals surface area contributed by atoms with E-state index in [9.17, 15) is 8.42 Å². The molecule has 1 heterocycles. The lowest BCUT2D eigenvalue weighted by Gasteiger charge is -2.17. The third-order valence-corrected chi connectivity index (χ3v) is 5.43. The lowest BCUT2D eigenvalue weighted by Crippen LogP contribution is -2.34. The van der Waals surface area contributed by atoms with Crippen LogP contribution >= 0.6 is 0 Å². The maximum atomic E-state index is 12.5. The van der Waals surface area contributed by atoms with Crippen molar-refractivity contribution in [1.29, 1.82) is 0 Å². The van der Waals surface area contributed by atoms with Gasteiger partial charge in [0.05, 0.1) is 0 Å². The highest BCUT2D eigenvalue weighted by molar-refractivity contribution is 7.89. The number of nitrogens with one attached hydrogen (secondary N) is 2. The second-order valence-corrected chi connectivity index (χ2v) is 7.21. The first-order valence-corrected chi connectivity index (χ1v) is 8.66. The van der Waals surface area contributed by atoms with Crippen molar-refractivity contribution in [3.8, 4) is 0 Å². The van der Waals surface area contributed by atoms with E-state index in [2.05, 4.69) is 21.9 Å². The fraction of sp³-hybridized carbons (Fsp3) is 0.643. The largest absolute Gasteiger partial charge is 0.372 e. The predicted octanol–water partition coefficient (Wildman–Crippen LogP) is 2.37. The lowest BCUT2D eigenvalue weighted by atomic mass is 10.0. The van der Waals surface area contributed by atoms with Gasteiger partial charge in [0.2, 0.25) is 10.0 Å². The molecule has 0 saturated heterocycles. The summed E-state index contributed by atoms with van der Waals surface area (Å²) in [4.78, 5) is 4.28. The monoisotopic (exact) mass is 297 g/mol. The third kappa shape index (κ3) is 3.70. The zero-order valence-electron chi connectivity index (χ0n) is 12.1. The van der Waals surface area contributed by atoms with E-state index < -0.39 is 10.0 Å². The Balaban J connectivity index is 2.14. The van der Waals surface area contributed by atoms with E-state index in [1.54, 1.807) is 25.4 Å². The SMILES string of the molecule is CNc1ncccc1S(=O)(=O)NC1CCCC(C)CC1. The summed E-state index contributed by atoms with van der Waals surface area (Å²) in [5.74, 6) is 1.08. The van der Waals surface area contributed by atoms with Crippen LogP contribution in [0.5, 0.6) is 0 Å². The van der Waals surface area contributed by atoms with Gasteiger partial charge in [0.1, 0.15) is 10.7 Å². The molecule has 2 rings (SSSR count). The molecule has 0 radical (unpaired) electrons. The second kappa shape index (κ2) is 6.54. The molecule has 0 bridgehead atoms. The van der Waals surface area contributed by atoms with Crippen LogP contribution in [0.3, 0.4) is 0 Å². The molecule has 6 heteroatoms. The summed E-state index contributed by atoms with van der Waals surface area (Å²) in [6.07, 6.45) is 6.76. The molecule has 1 aliphatic rings. The minimum atomic E-state index is -3.51. The van der Waals surface area contributed by atoms with Gasteiger partial charge in [-0.2, -0.15) is 0 Å². The number of pyridine rings is 1. The van der Waals surface area contributed by atoms with Crippen molar-refractivity contribution >= 4 is 15.8 Å². The summed E-state index contributed by atoms with van der Waals surface area (Å²) in [5.41, 5.74) is 0. The maximum absolute atomic E-state index is 12.5. The maximum Gasteiger partial charge on any atom is 0.244 e. The number of aromatic nitrogens is 1. The lowest BCUT2D eigenvalue weighted by molar-refractivity contribution is 0.484. The Bertz CT molecular complexity index is 545. The van der Waals surface area contributed by atoms with Crippen molar-refractivity contribution in [3.05, 3.63) is 18.3 Å². The molecule has 0 aliphatic heterocycles. The van der Waals surface area contributed by atoms with E-state index in [0.29, 0.717) is 11.7 Å². The molecule has 1 saturated carbocycles. The van der Waals surface area contributed by atoms with E-state index in [-0.39, 0.29) is 10.9 Å². The number of hydrogen-bond donors (Lipinski definition) is 2. The summed E-state index contributed by atoms with van der Waals surface area (Å²) in [5, 5.41) is 2.83. The number of rotatable bonds is 4. The van der Waals surface area contributed by atoms with Gasteiger partial charge in [-0.3, -0.25) is 0 Å². The molecule has 20 heavy (non-hydrogen) atoms. The minimum absolute atomic E-state index is 0.0369. The fourth-order valence-corrected chi connectivity index (χ4v) is 4.15. The number of nitrogens with zero attached hydrogens (tertiary/aromatic N) is 1. The van der Waals surface area contributed by atoms with Gasteiger partial charge in [0.25, 0.3) is 0 Å². The number of anilines is 1. The van der Waals surface area contributed by atoms with Crippen molar-refractivity contribution in [2.24, 2.45) is 5.92 Å². The quantitative estimate of drug-likeness (QED) is 0.837. The van der Waals surface area contributed by atoms with Crippen molar-refractivity contribution in [3.63, 3.8) is 0 Å². The standard InChI is InChI=1S/C14H23N3O2S/c1-11-5-3-6-12(9-8-11)17-20(18,19)13-7-4-10-16-14(13)15-2/h4,7,10-12,17H,3,5-6,8-9H2,1-2H3,(H,15,16). The van der Waals surface area contributed by atoms with E-state index in [1.807, 2.05) is 0 Å². The molecule has 1 aliphatic carbocycles. The molecule has 2 atom stereocenters. The first-order chi connectivity index (χ1) is 9.53. The highest BCUT2D eigenvalue weighted by atomic mass is 32.2. The molecule has 0 amide bonds. The van der Waals surface area contributed by atoms with Crippen LogP contribution in [0.15, 0.2) is 23.2 Å². The molecule has 1 aromatic rings. The average molecular weight is 297 g/mol. The minimum Gasteiger partial charge on any atom is -0.372 e. The van der Waals surface area contributed by atoms with Crippen LogP contribution in [0.1, 0.15) is 39.0 Å². The smallest absolute Gasteiger partial charge is 0.244 e. The van der Waals surface area contributed by atoms with Crippen LogP contribution in [0, 0.1) is 5.92 Å². The zero-order valence-corrected chi connectivity index (χ0v) is 12.9. The predicted molar refractivity (Wildman–Crippen MR) is 80.1 cm³/mol. The zero-order chi connectivity index (χ0) is 14.6. The van der Waals surface area contributed by atoms with Gasteiger partial charge in [0, 0.05) is 19.3 Å². The van der Waals surface area contributed by atoms with Crippen LogP contribution in [0.2, 0.25) is 0 Å². The van der Waals surface area contributed by atoms with E-state index in [1.165, 1.54) is 6.42 Å². The molecule has 5 nitrogen and oxygen atoms in total. The van der Waals surface area contributed by atoms with Crippen LogP contribution in [0.25, 0.3) is 0 Å².